The molecule has 0 amide bonds. The minimum Gasteiger partial charge on any atom is -0.485 e. The Hall–Kier alpha value is -2.48. The number of hydrogen-bond acceptors (Lipinski definition) is 6. The molecule has 7 nitrogen and oxygen atoms in total. The van der Waals surface area contributed by atoms with E-state index < -0.39 is 0 Å². The summed E-state index contributed by atoms with van der Waals surface area (Å²) in [5, 5.41) is 12.0. The molecule has 2 atom stereocenters. The second kappa shape index (κ2) is 7.50. The highest BCUT2D eigenvalue weighted by Gasteiger charge is 2.33. The van der Waals surface area contributed by atoms with E-state index in [4.69, 9.17) is 9.47 Å². The molecule has 1 fully saturated rings. The Kier molecular flexibility index (Phi) is 4.72. The molecule has 3 aliphatic rings. The first-order valence-electron chi connectivity index (χ1n) is 9.87. The minimum atomic E-state index is -0.178. The van der Waals surface area contributed by atoms with Crippen LogP contribution >= 0.6 is 0 Å². The van der Waals surface area contributed by atoms with Crippen molar-refractivity contribution in [1.82, 2.24) is 20.4 Å². The summed E-state index contributed by atoms with van der Waals surface area (Å²) in [5.74, 6) is 0.743. The van der Waals surface area contributed by atoms with Crippen molar-refractivity contribution >= 4 is 10.8 Å². The van der Waals surface area contributed by atoms with Gasteiger partial charge in [-0.15, -0.1) is 0 Å². The van der Waals surface area contributed by atoms with E-state index in [1.54, 1.807) is 0 Å². The molecule has 1 aliphatic carbocycles. The molecular formula is C21H24N4O3. The molecule has 1 aromatic carbocycles. The molecule has 28 heavy (non-hydrogen) atoms. The fourth-order valence-electron chi connectivity index (χ4n) is 4.18. The van der Waals surface area contributed by atoms with Gasteiger partial charge in [-0.05, 0) is 23.8 Å². The van der Waals surface area contributed by atoms with E-state index in [1.165, 1.54) is 5.57 Å². The molecule has 0 spiro atoms. The summed E-state index contributed by atoms with van der Waals surface area (Å²) in [6.07, 6.45) is 6.34. The summed E-state index contributed by atoms with van der Waals surface area (Å²) in [6.45, 7) is 6.47. The van der Waals surface area contributed by atoms with Gasteiger partial charge >= 0.3 is 0 Å². The third-order valence-corrected chi connectivity index (χ3v) is 5.67. The lowest BCUT2D eigenvalue weighted by Crippen LogP contribution is -2.40. The maximum absolute atomic E-state index is 12.1. The number of H-pyrrole nitrogens is 1. The number of morpholine rings is 1. The van der Waals surface area contributed by atoms with E-state index >= 15 is 0 Å². The van der Waals surface area contributed by atoms with Crippen LogP contribution in [0.3, 0.4) is 0 Å². The summed E-state index contributed by atoms with van der Waals surface area (Å²) in [5.41, 5.74) is 1.92. The van der Waals surface area contributed by atoms with E-state index in [2.05, 4.69) is 38.6 Å². The van der Waals surface area contributed by atoms with Gasteiger partial charge in [-0.1, -0.05) is 18.2 Å². The van der Waals surface area contributed by atoms with Crippen molar-refractivity contribution in [2.75, 3.05) is 45.9 Å². The molecule has 5 rings (SSSR count). The van der Waals surface area contributed by atoms with Crippen LogP contribution in [0.25, 0.3) is 10.8 Å². The maximum Gasteiger partial charge on any atom is 0.272 e. The standard InChI is InChI=1S/C21H24N4O3/c26-21-15-2-1-3-18-19(15)20(23-24-21)16-12-14(4-5-17(16)28-18)13-22-6-7-25-8-10-27-11-9-25/h1-5,12,16-17,22H,6-11,13H2,(H,24,26). The number of aromatic nitrogens is 2. The first-order chi connectivity index (χ1) is 13.8. The van der Waals surface area contributed by atoms with Crippen molar-refractivity contribution in [2.45, 2.75) is 12.0 Å². The van der Waals surface area contributed by atoms with Crippen molar-refractivity contribution in [1.29, 1.82) is 0 Å². The number of hydrogen-bond donors (Lipinski definition) is 2. The highest BCUT2D eigenvalue weighted by Crippen LogP contribution is 2.40. The van der Waals surface area contributed by atoms with Gasteiger partial charge in [0.15, 0.2) is 0 Å². The molecular weight excluding hydrogens is 356 g/mol. The molecule has 1 saturated heterocycles. The van der Waals surface area contributed by atoms with Gasteiger partial charge in [-0.2, -0.15) is 5.10 Å². The molecule has 0 radical (unpaired) electrons. The Labute approximate surface area is 163 Å². The first-order valence-corrected chi connectivity index (χ1v) is 9.87. The first kappa shape index (κ1) is 17.6. The molecule has 146 valence electrons. The predicted octanol–water partition coefficient (Wildman–Crippen LogP) is 1.19. The summed E-state index contributed by atoms with van der Waals surface area (Å²) in [7, 11) is 0. The Bertz CT molecular complexity index is 991. The summed E-state index contributed by atoms with van der Waals surface area (Å²) >= 11 is 0. The molecule has 2 N–H and O–H groups in total. The van der Waals surface area contributed by atoms with Crippen molar-refractivity contribution in [3.8, 4) is 5.75 Å². The largest absolute Gasteiger partial charge is 0.485 e. The number of aromatic amines is 1. The normalized spacial score (nSPS) is 23.9. The van der Waals surface area contributed by atoms with Crippen LogP contribution in [0, 0.1) is 0 Å². The third kappa shape index (κ3) is 3.26. The van der Waals surface area contributed by atoms with Gasteiger partial charge in [-0.3, -0.25) is 9.69 Å². The topological polar surface area (TPSA) is 79.5 Å². The molecule has 1 aromatic heterocycles. The fraction of sp³-hybridized carbons (Fsp3) is 0.429. The fourth-order valence-corrected chi connectivity index (χ4v) is 4.18. The molecule has 2 unspecified atom stereocenters. The molecule has 0 saturated carbocycles. The van der Waals surface area contributed by atoms with Crippen LogP contribution in [0.2, 0.25) is 0 Å². The van der Waals surface area contributed by atoms with Crippen LogP contribution in [0.4, 0.5) is 0 Å². The molecule has 3 heterocycles. The highest BCUT2D eigenvalue weighted by atomic mass is 16.5. The lowest BCUT2D eigenvalue weighted by molar-refractivity contribution is 0.0385. The number of ether oxygens (including phenoxy) is 2. The maximum atomic E-state index is 12.1. The quantitative estimate of drug-likeness (QED) is 0.759. The average Bonchev–Trinajstić information content (AvgIpc) is 2.74. The summed E-state index contributed by atoms with van der Waals surface area (Å²) in [6, 6.07) is 5.58. The highest BCUT2D eigenvalue weighted by molar-refractivity contribution is 5.91. The second-order valence-electron chi connectivity index (χ2n) is 7.46. The minimum absolute atomic E-state index is 0.00953. The van der Waals surface area contributed by atoms with Gasteiger partial charge in [0.25, 0.3) is 5.56 Å². The Morgan fingerprint density at radius 1 is 1.29 bits per heavy atom. The number of fused-ring (bicyclic) bond motifs is 2. The SMILES string of the molecule is O=c1[nH]nc2c3c(cccc13)OC1C=CC(CNCCN3CCOCC3)=CC21. The number of benzene rings is 1. The van der Waals surface area contributed by atoms with E-state index in [-0.39, 0.29) is 17.6 Å². The Balaban J connectivity index is 1.31. The van der Waals surface area contributed by atoms with Crippen LogP contribution < -0.4 is 15.6 Å². The van der Waals surface area contributed by atoms with Gasteiger partial charge in [0.1, 0.15) is 11.9 Å². The predicted molar refractivity (Wildman–Crippen MR) is 107 cm³/mol. The van der Waals surface area contributed by atoms with Crippen LogP contribution in [-0.2, 0) is 4.74 Å². The lowest BCUT2D eigenvalue weighted by atomic mass is 9.86. The van der Waals surface area contributed by atoms with Gasteiger partial charge in [0, 0.05) is 32.7 Å². The van der Waals surface area contributed by atoms with Gasteiger partial charge in [-0.25, -0.2) is 5.10 Å². The Morgan fingerprint density at radius 3 is 3.07 bits per heavy atom. The summed E-state index contributed by atoms with van der Waals surface area (Å²) in [4.78, 5) is 14.5. The van der Waals surface area contributed by atoms with E-state index in [0.717, 1.165) is 62.8 Å². The van der Waals surface area contributed by atoms with Crippen molar-refractivity contribution in [3.05, 3.63) is 58.0 Å². The zero-order valence-corrected chi connectivity index (χ0v) is 15.7. The Morgan fingerprint density at radius 2 is 2.18 bits per heavy atom. The molecule has 2 aromatic rings. The van der Waals surface area contributed by atoms with E-state index in [0.29, 0.717) is 5.39 Å². The van der Waals surface area contributed by atoms with E-state index in [1.807, 2.05) is 18.2 Å². The van der Waals surface area contributed by atoms with Crippen LogP contribution in [0.15, 0.2) is 46.8 Å². The van der Waals surface area contributed by atoms with Crippen LogP contribution in [0.1, 0.15) is 11.6 Å². The molecule has 7 heteroatoms. The zero-order valence-electron chi connectivity index (χ0n) is 15.7. The third-order valence-electron chi connectivity index (χ3n) is 5.67. The number of nitrogens with zero attached hydrogens (tertiary/aromatic N) is 2. The lowest BCUT2D eigenvalue weighted by Gasteiger charge is -2.32. The van der Waals surface area contributed by atoms with E-state index in [9.17, 15) is 4.79 Å². The van der Waals surface area contributed by atoms with Gasteiger partial charge in [0.05, 0.1) is 35.6 Å². The molecule has 2 aliphatic heterocycles. The summed E-state index contributed by atoms with van der Waals surface area (Å²) < 4.78 is 11.5. The van der Waals surface area contributed by atoms with Crippen molar-refractivity contribution in [3.63, 3.8) is 0 Å². The number of rotatable bonds is 5. The molecule has 0 bridgehead atoms. The van der Waals surface area contributed by atoms with Crippen molar-refractivity contribution in [2.24, 2.45) is 0 Å². The second-order valence-corrected chi connectivity index (χ2v) is 7.46. The van der Waals surface area contributed by atoms with Crippen LogP contribution in [0.5, 0.6) is 5.75 Å². The number of nitrogens with one attached hydrogen (secondary N) is 2. The van der Waals surface area contributed by atoms with Crippen molar-refractivity contribution < 1.29 is 9.47 Å². The van der Waals surface area contributed by atoms with Gasteiger partial charge < -0.3 is 14.8 Å². The zero-order chi connectivity index (χ0) is 18.9. The van der Waals surface area contributed by atoms with Crippen LogP contribution in [-0.4, -0.2) is 67.1 Å². The smallest absolute Gasteiger partial charge is 0.272 e. The van der Waals surface area contributed by atoms with Gasteiger partial charge in [0.2, 0.25) is 0 Å². The monoisotopic (exact) mass is 380 g/mol. The average molecular weight is 380 g/mol.